The van der Waals surface area contributed by atoms with Crippen LogP contribution in [0.1, 0.15) is 13.3 Å². The van der Waals surface area contributed by atoms with Crippen molar-refractivity contribution in [1.29, 1.82) is 0 Å². The Morgan fingerprint density at radius 1 is 1.58 bits per heavy atom. The number of nitrogens with zero attached hydrogens (tertiary/aromatic N) is 4. The van der Waals surface area contributed by atoms with Gasteiger partial charge in [0.15, 0.2) is 11.5 Å². The van der Waals surface area contributed by atoms with Gasteiger partial charge >= 0.3 is 0 Å². The van der Waals surface area contributed by atoms with Gasteiger partial charge in [0, 0.05) is 32.2 Å². The number of carbonyl (C=O) groups excluding carboxylic acids is 1. The third-order valence-electron chi connectivity index (χ3n) is 2.73. The van der Waals surface area contributed by atoms with Crippen LogP contribution in [0.5, 0.6) is 0 Å². The number of likely N-dealkylation sites (N-methyl/N-ethyl adjacent to an activating group) is 1. The molecule has 0 aliphatic carbocycles. The van der Waals surface area contributed by atoms with Crippen molar-refractivity contribution in [2.24, 2.45) is 0 Å². The highest BCUT2D eigenvalue weighted by Gasteiger charge is 2.16. The minimum atomic E-state index is -0.0417. The smallest absolute Gasteiger partial charge is 0.239 e. The Bertz CT molecular complexity index is 583. The van der Waals surface area contributed by atoms with Crippen molar-refractivity contribution in [3.05, 3.63) is 23.2 Å². The quantitative estimate of drug-likeness (QED) is 0.903. The van der Waals surface area contributed by atoms with Gasteiger partial charge in [0.1, 0.15) is 4.60 Å². The molecule has 19 heavy (non-hydrogen) atoms. The Hall–Kier alpha value is -1.63. The molecule has 0 unspecified atom stereocenters. The molecule has 0 aromatic carbocycles. The first-order chi connectivity index (χ1) is 9.15. The standard InChI is InChI=1S/C12H16BrN5O/c1-3-5-17(8-10(19)14-2)12-11-15-4-6-18(11)7-9(13)16-12/h4,6-7H,3,5,8H2,1-2H3,(H,14,19). The zero-order valence-corrected chi connectivity index (χ0v) is 12.5. The lowest BCUT2D eigenvalue weighted by molar-refractivity contribution is -0.119. The number of imidazole rings is 1. The predicted octanol–water partition coefficient (Wildman–Crippen LogP) is 1.45. The Labute approximate surface area is 120 Å². The van der Waals surface area contributed by atoms with Crippen LogP contribution in [0.4, 0.5) is 5.82 Å². The maximum Gasteiger partial charge on any atom is 0.239 e. The van der Waals surface area contributed by atoms with Crippen LogP contribution >= 0.6 is 15.9 Å². The molecule has 0 fully saturated rings. The largest absolute Gasteiger partial charge is 0.358 e. The molecule has 2 heterocycles. The first-order valence-corrected chi connectivity index (χ1v) is 6.89. The summed E-state index contributed by atoms with van der Waals surface area (Å²) in [4.78, 5) is 22.3. The molecule has 0 saturated carbocycles. The zero-order chi connectivity index (χ0) is 13.8. The summed E-state index contributed by atoms with van der Waals surface area (Å²) in [5.74, 6) is 0.671. The van der Waals surface area contributed by atoms with E-state index in [9.17, 15) is 4.79 Å². The van der Waals surface area contributed by atoms with E-state index in [0.717, 1.165) is 18.6 Å². The molecule has 0 aliphatic rings. The normalized spacial score (nSPS) is 10.7. The van der Waals surface area contributed by atoms with Gasteiger partial charge in [-0.3, -0.25) is 4.79 Å². The van der Waals surface area contributed by atoms with E-state index >= 15 is 0 Å². The summed E-state index contributed by atoms with van der Waals surface area (Å²) in [5.41, 5.74) is 0.751. The lowest BCUT2D eigenvalue weighted by Gasteiger charge is -2.22. The summed E-state index contributed by atoms with van der Waals surface area (Å²) < 4.78 is 2.60. The van der Waals surface area contributed by atoms with Gasteiger partial charge < -0.3 is 14.6 Å². The van der Waals surface area contributed by atoms with E-state index in [0.29, 0.717) is 10.4 Å². The molecule has 1 N–H and O–H groups in total. The van der Waals surface area contributed by atoms with Gasteiger partial charge in [-0.15, -0.1) is 0 Å². The van der Waals surface area contributed by atoms with Crippen LogP contribution in [0, 0.1) is 0 Å². The van der Waals surface area contributed by atoms with Gasteiger partial charge in [-0.25, -0.2) is 9.97 Å². The zero-order valence-electron chi connectivity index (χ0n) is 10.9. The molecular weight excluding hydrogens is 310 g/mol. The topological polar surface area (TPSA) is 62.5 Å². The summed E-state index contributed by atoms with van der Waals surface area (Å²) >= 11 is 3.38. The molecule has 2 aromatic heterocycles. The highest BCUT2D eigenvalue weighted by Crippen LogP contribution is 2.21. The molecule has 1 amide bonds. The molecule has 6 nitrogen and oxygen atoms in total. The van der Waals surface area contributed by atoms with Gasteiger partial charge in [-0.2, -0.15) is 0 Å². The van der Waals surface area contributed by atoms with Crippen LogP contribution in [0.15, 0.2) is 23.2 Å². The van der Waals surface area contributed by atoms with Crippen LogP contribution in [0.25, 0.3) is 5.65 Å². The molecule has 2 aromatic rings. The number of aromatic nitrogens is 3. The highest BCUT2D eigenvalue weighted by atomic mass is 79.9. The van der Waals surface area contributed by atoms with Crippen LogP contribution in [-0.2, 0) is 4.79 Å². The molecule has 0 spiro atoms. The van der Waals surface area contributed by atoms with E-state index in [-0.39, 0.29) is 12.5 Å². The van der Waals surface area contributed by atoms with Gasteiger partial charge in [-0.1, -0.05) is 6.92 Å². The molecule has 0 radical (unpaired) electrons. The number of nitrogens with one attached hydrogen (secondary N) is 1. The lowest BCUT2D eigenvalue weighted by Crippen LogP contribution is -2.37. The molecule has 0 aliphatic heterocycles. The van der Waals surface area contributed by atoms with E-state index in [4.69, 9.17) is 0 Å². The van der Waals surface area contributed by atoms with Gasteiger partial charge in [0.2, 0.25) is 5.91 Å². The number of amides is 1. The number of hydrogen-bond donors (Lipinski definition) is 1. The first kappa shape index (κ1) is 13.8. The monoisotopic (exact) mass is 325 g/mol. The van der Waals surface area contributed by atoms with Crippen molar-refractivity contribution in [3.8, 4) is 0 Å². The van der Waals surface area contributed by atoms with Crippen LogP contribution < -0.4 is 10.2 Å². The van der Waals surface area contributed by atoms with E-state index in [1.165, 1.54) is 0 Å². The van der Waals surface area contributed by atoms with Crippen molar-refractivity contribution >= 4 is 33.3 Å². The summed E-state index contributed by atoms with van der Waals surface area (Å²) in [5, 5.41) is 2.63. The van der Waals surface area contributed by atoms with Crippen molar-refractivity contribution in [2.45, 2.75) is 13.3 Å². The summed E-state index contributed by atoms with van der Waals surface area (Å²) in [7, 11) is 1.63. The fourth-order valence-corrected chi connectivity index (χ4v) is 2.27. The molecule has 102 valence electrons. The predicted molar refractivity (Wildman–Crippen MR) is 77.3 cm³/mol. The average molecular weight is 326 g/mol. The Morgan fingerprint density at radius 3 is 3.05 bits per heavy atom. The van der Waals surface area contributed by atoms with E-state index in [2.05, 4.69) is 38.1 Å². The van der Waals surface area contributed by atoms with Gasteiger partial charge in [-0.05, 0) is 22.4 Å². The number of fused-ring (bicyclic) bond motifs is 1. The maximum atomic E-state index is 11.6. The molecule has 7 heteroatoms. The summed E-state index contributed by atoms with van der Waals surface area (Å²) in [6.45, 7) is 3.09. The fourth-order valence-electron chi connectivity index (χ4n) is 1.88. The lowest BCUT2D eigenvalue weighted by atomic mass is 10.3. The molecule has 2 rings (SSSR count). The Morgan fingerprint density at radius 2 is 2.37 bits per heavy atom. The molecular formula is C12H16BrN5O. The van der Waals surface area contributed by atoms with Gasteiger partial charge in [0.05, 0.1) is 6.54 Å². The van der Waals surface area contributed by atoms with Gasteiger partial charge in [0.25, 0.3) is 0 Å². The SMILES string of the molecule is CCCN(CC(=O)NC)c1nc(Br)cn2ccnc12. The summed E-state index contributed by atoms with van der Waals surface area (Å²) in [6.07, 6.45) is 6.35. The van der Waals surface area contributed by atoms with E-state index in [1.54, 1.807) is 13.2 Å². The van der Waals surface area contributed by atoms with Crippen molar-refractivity contribution in [2.75, 3.05) is 25.0 Å². The first-order valence-electron chi connectivity index (χ1n) is 6.10. The third-order valence-corrected chi connectivity index (χ3v) is 3.12. The summed E-state index contributed by atoms with van der Waals surface area (Å²) in [6, 6.07) is 0. The van der Waals surface area contributed by atoms with Crippen LogP contribution in [0.2, 0.25) is 0 Å². The number of halogens is 1. The average Bonchev–Trinajstić information content (AvgIpc) is 2.85. The van der Waals surface area contributed by atoms with Crippen molar-refractivity contribution in [1.82, 2.24) is 19.7 Å². The minimum Gasteiger partial charge on any atom is -0.358 e. The fraction of sp³-hybridized carbons (Fsp3) is 0.417. The maximum absolute atomic E-state index is 11.6. The van der Waals surface area contributed by atoms with E-state index in [1.807, 2.05) is 21.7 Å². The molecule has 0 bridgehead atoms. The Balaban J connectivity index is 2.42. The van der Waals surface area contributed by atoms with Crippen molar-refractivity contribution < 1.29 is 4.79 Å². The Kier molecular flexibility index (Phi) is 4.36. The number of anilines is 1. The third kappa shape index (κ3) is 3.04. The second kappa shape index (κ2) is 6.01. The van der Waals surface area contributed by atoms with Crippen LogP contribution in [0.3, 0.4) is 0 Å². The molecule has 0 saturated heterocycles. The highest BCUT2D eigenvalue weighted by molar-refractivity contribution is 9.10. The number of hydrogen-bond acceptors (Lipinski definition) is 4. The van der Waals surface area contributed by atoms with E-state index < -0.39 is 0 Å². The van der Waals surface area contributed by atoms with Crippen LogP contribution in [-0.4, -0.2) is 40.4 Å². The van der Waals surface area contributed by atoms with Crippen molar-refractivity contribution in [3.63, 3.8) is 0 Å². The second-order valence-corrected chi connectivity index (χ2v) is 4.95. The number of carbonyl (C=O) groups is 1. The minimum absolute atomic E-state index is 0.0417. The number of rotatable bonds is 5. The second-order valence-electron chi connectivity index (χ2n) is 4.14. The molecule has 0 atom stereocenters.